The average molecular weight is 403 g/mol. The third-order valence-electron chi connectivity index (χ3n) is 4.73. The molecular formula is C19H19F2N5O3. The molecule has 0 atom stereocenters. The van der Waals surface area contributed by atoms with E-state index in [-0.39, 0.29) is 23.3 Å². The molecule has 1 fully saturated rings. The number of hydrogen-bond acceptors (Lipinski definition) is 6. The Bertz CT molecular complexity index is 1030. The molecule has 0 aromatic carbocycles. The zero-order valence-electron chi connectivity index (χ0n) is 15.6. The Morgan fingerprint density at radius 1 is 1.24 bits per heavy atom. The summed E-state index contributed by atoms with van der Waals surface area (Å²) in [6.45, 7) is 1.37. The van der Waals surface area contributed by atoms with E-state index >= 15 is 0 Å². The number of nitrogens with zero attached hydrogens (tertiary/aromatic N) is 4. The maximum absolute atomic E-state index is 12.8. The molecule has 152 valence electrons. The van der Waals surface area contributed by atoms with Crippen molar-refractivity contribution < 1.29 is 23.0 Å². The summed E-state index contributed by atoms with van der Waals surface area (Å²) in [7, 11) is 1.44. The van der Waals surface area contributed by atoms with Crippen molar-refractivity contribution in [1.29, 1.82) is 0 Å². The van der Waals surface area contributed by atoms with Gasteiger partial charge in [0.05, 0.1) is 12.8 Å². The monoisotopic (exact) mass is 403 g/mol. The predicted molar refractivity (Wildman–Crippen MR) is 99.5 cm³/mol. The van der Waals surface area contributed by atoms with E-state index < -0.39 is 18.0 Å². The molecule has 10 heteroatoms. The van der Waals surface area contributed by atoms with E-state index in [9.17, 15) is 13.6 Å². The van der Waals surface area contributed by atoms with Crippen molar-refractivity contribution >= 4 is 17.4 Å². The highest BCUT2D eigenvalue weighted by Gasteiger charge is 2.22. The van der Waals surface area contributed by atoms with Crippen molar-refractivity contribution in [3.63, 3.8) is 0 Å². The largest absolute Gasteiger partial charge is 0.478 e. The van der Waals surface area contributed by atoms with Crippen LogP contribution in [0.3, 0.4) is 0 Å². The number of halogens is 2. The summed E-state index contributed by atoms with van der Waals surface area (Å²) in [5.74, 6) is -0.107. The van der Waals surface area contributed by atoms with Gasteiger partial charge in [-0.25, -0.2) is 23.7 Å². The van der Waals surface area contributed by atoms with Crippen LogP contribution in [0.1, 0.15) is 47.1 Å². The first-order valence-corrected chi connectivity index (χ1v) is 9.13. The smallest absolute Gasteiger partial charge is 0.280 e. The zero-order chi connectivity index (χ0) is 20.4. The fourth-order valence-electron chi connectivity index (χ4n) is 3.25. The first-order chi connectivity index (χ1) is 14.0. The first-order valence-electron chi connectivity index (χ1n) is 9.13. The Morgan fingerprint density at radius 2 is 2.03 bits per heavy atom. The van der Waals surface area contributed by atoms with Crippen LogP contribution >= 0.6 is 0 Å². The number of methoxy groups -OCH3 is 1. The van der Waals surface area contributed by atoms with Crippen LogP contribution in [-0.2, 0) is 4.74 Å². The number of anilines is 1. The lowest BCUT2D eigenvalue weighted by Crippen LogP contribution is -2.16. The summed E-state index contributed by atoms with van der Waals surface area (Å²) in [6.07, 6.45) is 2.40. The molecule has 1 saturated heterocycles. The van der Waals surface area contributed by atoms with E-state index in [1.54, 1.807) is 4.40 Å². The molecule has 3 aromatic heterocycles. The van der Waals surface area contributed by atoms with Crippen LogP contribution in [0.15, 0.2) is 30.6 Å². The van der Waals surface area contributed by atoms with Gasteiger partial charge < -0.3 is 14.8 Å². The zero-order valence-corrected chi connectivity index (χ0v) is 15.6. The number of rotatable bonds is 5. The number of hydrogen-bond donors (Lipinski definition) is 1. The van der Waals surface area contributed by atoms with Crippen molar-refractivity contribution in [2.45, 2.75) is 25.2 Å². The minimum Gasteiger partial charge on any atom is -0.478 e. The second-order valence-electron chi connectivity index (χ2n) is 6.62. The fraction of sp³-hybridized carbons (Fsp3) is 0.368. The standard InChI is InChI=1S/C19H19F2N5O3/c1-28-19-17-23-13(11-5-7-29-8-6-11)9-26(17)10-14(24-19)18(27)25-15-4-2-3-12(22-15)16(20)21/h2-4,9-11,16H,5-8H2,1H3,(H,22,25,27). The van der Waals surface area contributed by atoms with E-state index in [0.29, 0.717) is 18.9 Å². The molecule has 0 aliphatic carbocycles. The van der Waals surface area contributed by atoms with Crippen LogP contribution in [0.4, 0.5) is 14.6 Å². The Labute approximate surface area is 164 Å². The van der Waals surface area contributed by atoms with Gasteiger partial charge in [-0.15, -0.1) is 0 Å². The third-order valence-corrected chi connectivity index (χ3v) is 4.73. The molecular weight excluding hydrogens is 384 g/mol. The number of alkyl halides is 2. The van der Waals surface area contributed by atoms with Crippen molar-refractivity contribution in [2.24, 2.45) is 0 Å². The highest BCUT2D eigenvalue weighted by molar-refractivity contribution is 6.02. The van der Waals surface area contributed by atoms with Gasteiger partial charge in [0.25, 0.3) is 18.2 Å². The summed E-state index contributed by atoms with van der Waals surface area (Å²) in [6, 6.07) is 4.02. The molecule has 3 aromatic rings. The number of carbonyl (C=O) groups is 1. The third kappa shape index (κ3) is 4.02. The number of carbonyl (C=O) groups excluding carboxylic acids is 1. The number of nitrogens with one attached hydrogen (secondary N) is 1. The van der Waals surface area contributed by atoms with Crippen LogP contribution < -0.4 is 10.1 Å². The molecule has 4 rings (SSSR count). The SMILES string of the molecule is COc1nc(C(=O)Nc2cccc(C(F)F)n2)cn2cc(C3CCOCC3)nc12. The Kier molecular flexibility index (Phi) is 5.34. The van der Waals surface area contributed by atoms with Gasteiger partial charge in [-0.3, -0.25) is 9.20 Å². The van der Waals surface area contributed by atoms with Gasteiger partial charge in [0.1, 0.15) is 17.2 Å². The summed E-state index contributed by atoms with van der Waals surface area (Å²) >= 11 is 0. The number of imidazole rings is 1. The first kappa shape index (κ1) is 19.2. The highest BCUT2D eigenvalue weighted by Crippen LogP contribution is 2.28. The Morgan fingerprint density at radius 3 is 2.76 bits per heavy atom. The topological polar surface area (TPSA) is 90.6 Å². The summed E-state index contributed by atoms with van der Waals surface area (Å²) < 4.78 is 38.0. The molecule has 0 saturated carbocycles. The minimum absolute atomic E-state index is 0.0159. The minimum atomic E-state index is -2.73. The summed E-state index contributed by atoms with van der Waals surface area (Å²) in [5, 5.41) is 2.49. The molecule has 0 radical (unpaired) electrons. The van der Waals surface area contributed by atoms with Gasteiger partial charge >= 0.3 is 0 Å². The number of fused-ring (bicyclic) bond motifs is 1. The molecule has 0 unspecified atom stereocenters. The van der Waals surface area contributed by atoms with E-state index in [1.165, 1.54) is 31.5 Å². The molecule has 1 amide bonds. The highest BCUT2D eigenvalue weighted by atomic mass is 19.3. The summed E-state index contributed by atoms with van der Waals surface area (Å²) in [4.78, 5) is 25.2. The predicted octanol–water partition coefficient (Wildman–Crippen LogP) is 3.22. The van der Waals surface area contributed by atoms with Gasteiger partial charge in [0, 0.05) is 31.5 Å². The summed E-state index contributed by atoms with van der Waals surface area (Å²) in [5.41, 5.74) is 1.02. The van der Waals surface area contributed by atoms with Crippen LogP contribution in [-0.4, -0.2) is 45.6 Å². The van der Waals surface area contributed by atoms with Crippen molar-refractivity contribution in [1.82, 2.24) is 19.4 Å². The van der Waals surface area contributed by atoms with E-state index in [0.717, 1.165) is 18.5 Å². The second kappa shape index (κ2) is 8.08. The fourth-order valence-corrected chi connectivity index (χ4v) is 3.25. The van der Waals surface area contributed by atoms with Crippen molar-refractivity contribution in [3.05, 3.63) is 47.7 Å². The molecule has 29 heavy (non-hydrogen) atoms. The maximum Gasteiger partial charge on any atom is 0.280 e. The molecule has 4 heterocycles. The van der Waals surface area contributed by atoms with Crippen molar-refractivity contribution in [2.75, 3.05) is 25.6 Å². The Hall–Kier alpha value is -3.14. The lowest BCUT2D eigenvalue weighted by molar-refractivity contribution is 0.0846. The normalized spacial score (nSPS) is 15.0. The molecule has 0 bridgehead atoms. The number of amides is 1. The average Bonchev–Trinajstić information content (AvgIpc) is 3.18. The molecule has 8 nitrogen and oxygen atoms in total. The van der Waals surface area contributed by atoms with Gasteiger partial charge in [-0.1, -0.05) is 6.07 Å². The van der Waals surface area contributed by atoms with E-state index in [4.69, 9.17) is 9.47 Å². The lowest BCUT2D eigenvalue weighted by Gasteiger charge is -2.19. The Balaban J connectivity index is 1.63. The molecule has 1 aliphatic rings. The molecule has 1 N–H and O–H groups in total. The van der Waals surface area contributed by atoms with Gasteiger partial charge in [-0.05, 0) is 25.0 Å². The van der Waals surface area contributed by atoms with Crippen LogP contribution in [0.25, 0.3) is 5.65 Å². The number of ether oxygens (including phenoxy) is 2. The maximum atomic E-state index is 12.8. The lowest BCUT2D eigenvalue weighted by atomic mass is 9.97. The van der Waals surface area contributed by atoms with Crippen LogP contribution in [0.5, 0.6) is 5.88 Å². The number of aromatic nitrogens is 4. The van der Waals surface area contributed by atoms with E-state index in [1.807, 2.05) is 6.20 Å². The molecule has 0 spiro atoms. The van der Waals surface area contributed by atoms with Gasteiger partial charge in [0.15, 0.2) is 0 Å². The van der Waals surface area contributed by atoms with E-state index in [2.05, 4.69) is 20.3 Å². The number of pyridine rings is 1. The quantitative estimate of drug-likeness (QED) is 0.704. The van der Waals surface area contributed by atoms with Crippen LogP contribution in [0, 0.1) is 0 Å². The van der Waals surface area contributed by atoms with Crippen LogP contribution in [0.2, 0.25) is 0 Å². The van der Waals surface area contributed by atoms with Gasteiger partial charge in [0.2, 0.25) is 5.65 Å². The van der Waals surface area contributed by atoms with Crippen molar-refractivity contribution in [3.8, 4) is 5.88 Å². The molecule has 1 aliphatic heterocycles. The second-order valence-corrected chi connectivity index (χ2v) is 6.62. The van der Waals surface area contributed by atoms with Gasteiger partial charge in [-0.2, -0.15) is 0 Å².